The van der Waals surface area contributed by atoms with Crippen LogP contribution in [0, 0.1) is 6.92 Å². The summed E-state index contributed by atoms with van der Waals surface area (Å²) in [5.41, 5.74) is 1.42. The average Bonchev–Trinajstić information content (AvgIpc) is 3.19. The number of rotatable bonds is 4. The molecule has 114 valence electrons. The summed E-state index contributed by atoms with van der Waals surface area (Å²) < 4.78 is 5.10. The third kappa shape index (κ3) is 2.16. The Morgan fingerprint density at radius 2 is 2.27 bits per heavy atom. The van der Waals surface area contributed by atoms with Gasteiger partial charge in [0.05, 0.1) is 11.4 Å². The van der Waals surface area contributed by atoms with Gasteiger partial charge in [-0.1, -0.05) is 12.1 Å². The maximum Gasteiger partial charge on any atom is 0.223 e. The first kappa shape index (κ1) is 13.6. The van der Waals surface area contributed by atoms with Crippen molar-refractivity contribution in [2.75, 3.05) is 5.32 Å². The van der Waals surface area contributed by atoms with E-state index in [9.17, 15) is 0 Å². The smallest absolute Gasteiger partial charge is 0.223 e. The van der Waals surface area contributed by atoms with Crippen molar-refractivity contribution in [3.05, 3.63) is 28.5 Å². The standard InChI is InChI=1S/C15H17N5OS/c1-3-10(13-18-8(2)21-20-13)19-14-12-9-5-4-6-11(9)22-15(12)17-7-16-14/h7,10H,3-6H2,1-2H3,(H,16,17,19). The predicted molar refractivity (Wildman–Crippen MR) is 85.1 cm³/mol. The van der Waals surface area contributed by atoms with Crippen LogP contribution in [0.4, 0.5) is 5.82 Å². The van der Waals surface area contributed by atoms with Crippen LogP contribution in [0.25, 0.3) is 10.2 Å². The fourth-order valence-corrected chi connectivity index (χ4v) is 4.24. The molecule has 6 nitrogen and oxygen atoms in total. The number of aryl methyl sites for hydroxylation is 3. The van der Waals surface area contributed by atoms with E-state index in [0.29, 0.717) is 11.7 Å². The van der Waals surface area contributed by atoms with E-state index in [2.05, 4.69) is 32.3 Å². The molecule has 0 saturated heterocycles. The van der Waals surface area contributed by atoms with Crippen molar-refractivity contribution in [1.82, 2.24) is 20.1 Å². The molecule has 1 aliphatic carbocycles. The summed E-state index contributed by atoms with van der Waals surface area (Å²) in [6, 6.07) is -0.00694. The highest BCUT2D eigenvalue weighted by molar-refractivity contribution is 7.19. The number of anilines is 1. The van der Waals surface area contributed by atoms with E-state index >= 15 is 0 Å². The largest absolute Gasteiger partial charge is 0.359 e. The number of fused-ring (bicyclic) bond motifs is 3. The van der Waals surface area contributed by atoms with E-state index in [0.717, 1.165) is 29.9 Å². The summed E-state index contributed by atoms with van der Waals surface area (Å²) in [5, 5.41) is 8.70. The molecule has 0 aliphatic heterocycles. The lowest BCUT2D eigenvalue weighted by molar-refractivity contribution is 0.384. The van der Waals surface area contributed by atoms with Crippen LogP contribution in [0.2, 0.25) is 0 Å². The summed E-state index contributed by atoms with van der Waals surface area (Å²) in [6.07, 6.45) is 6.00. The first-order valence-corrected chi connectivity index (χ1v) is 8.40. The molecule has 7 heteroatoms. The van der Waals surface area contributed by atoms with Crippen molar-refractivity contribution in [2.24, 2.45) is 0 Å². The predicted octanol–water partition coefficient (Wildman–Crippen LogP) is 3.43. The molecule has 0 aromatic carbocycles. The van der Waals surface area contributed by atoms with Gasteiger partial charge in [0, 0.05) is 11.8 Å². The first-order valence-electron chi connectivity index (χ1n) is 7.58. The number of aromatic nitrogens is 4. The second kappa shape index (κ2) is 5.31. The van der Waals surface area contributed by atoms with Crippen LogP contribution in [0.1, 0.15) is 48.0 Å². The molecular weight excluding hydrogens is 298 g/mol. The molecule has 3 aromatic heterocycles. The molecule has 0 radical (unpaired) electrons. The highest BCUT2D eigenvalue weighted by atomic mass is 32.1. The summed E-state index contributed by atoms with van der Waals surface area (Å²) in [7, 11) is 0. The van der Waals surface area contributed by atoms with Crippen LogP contribution in [0.5, 0.6) is 0 Å². The van der Waals surface area contributed by atoms with E-state index in [1.807, 2.05) is 0 Å². The van der Waals surface area contributed by atoms with Gasteiger partial charge in [-0.2, -0.15) is 4.98 Å². The van der Waals surface area contributed by atoms with E-state index in [1.54, 1.807) is 24.6 Å². The van der Waals surface area contributed by atoms with Gasteiger partial charge in [0.25, 0.3) is 0 Å². The molecule has 4 rings (SSSR count). The van der Waals surface area contributed by atoms with Crippen LogP contribution in [0.3, 0.4) is 0 Å². The lowest BCUT2D eigenvalue weighted by Crippen LogP contribution is -2.13. The highest BCUT2D eigenvalue weighted by Crippen LogP contribution is 2.39. The molecule has 22 heavy (non-hydrogen) atoms. The molecule has 0 saturated carbocycles. The Morgan fingerprint density at radius 1 is 1.36 bits per heavy atom. The van der Waals surface area contributed by atoms with Crippen LogP contribution in [-0.4, -0.2) is 20.1 Å². The average molecular weight is 315 g/mol. The maximum absolute atomic E-state index is 5.10. The van der Waals surface area contributed by atoms with Crippen LogP contribution < -0.4 is 5.32 Å². The number of nitrogens with one attached hydrogen (secondary N) is 1. The van der Waals surface area contributed by atoms with Crippen molar-refractivity contribution in [1.29, 1.82) is 0 Å². The van der Waals surface area contributed by atoms with Gasteiger partial charge in [0.1, 0.15) is 17.0 Å². The SMILES string of the molecule is CCC(Nc1ncnc2sc3c(c12)CCC3)c1noc(C)n1. The van der Waals surface area contributed by atoms with Gasteiger partial charge in [-0.25, -0.2) is 9.97 Å². The maximum atomic E-state index is 5.10. The molecule has 0 fully saturated rings. The van der Waals surface area contributed by atoms with E-state index in [-0.39, 0.29) is 6.04 Å². The highest BCUT2D eigenvalue weighted by Gasteiger charge is 2.23. The van der Waals surface area contributed by atoms with Crippen molar-refractivity contribution >= 4 is 27.4 Å². The van der Waals surface area contributed by atoms with Crippen molar-refractivity contribution in [3.63, 3.8) is 0 Å². The zero-order valence-corrected chi connectivity index (χ0v) is 13.4. The Morgan fingerprint density at radius 3 is 3.05 bits per heavy atom. The molecule has 3 heterocycles. The van der Waals surface area contributed by atoms with Crippen molar-refractivity contribution < 1.29 is 4.52 Å². The lowest BCUT2D eigenvalue weighted by Gasteiger charge is -2.14. The van der Waals surface area contributed by atoms with Crippen LogP contribution >= 0.6 is 11.3 Å². The number of hydrogen-bond acceptors (Lipinski definition) is 7. The molecule has 1 aliphatic rings. The van der Waals surface area contributed by atoms with E-state index in [4.69, 9.17) is 4.52 Å². The van der Waals surface area contributed by atoms with E-state index in [1.165, 1.54) is 22.2 Å². The number of hydrogen-bond donors (Lipinski definition) is 1. The van der Waals surface area contributed by atoms with Crippen LogP contribution in [0.15, 0.2) is 10.9 Å². The molecule has 0 spiro atoms. The molecule has 0 amide bonds. The Hall–Kier alpha value is -2.02. The van der Waals surface area contributed by atoms with Gasteiger partial charge in [-0.15, -0.1) is 11.3 Å². The molecule has 1 atom stereocenters. The first-order chi connectivity index (χ1) is 10.8. The van der Waals surface area contributed by atoms with E-state index < -0.39 is 0 Å². The number of nitrogens with zero attached hydrogens (tertiary/aromatic N) is 4. The lowest BCUT2D eigenvalue weighted by atomic mass is 10.1. The van der Waals surface area contributed by atoms with Crippen LogP contribution in [-0.2, 0) is 12.8 Å². The molecule has 3 aromatic rings. The molecule has 1 unspecified atom stereocenters. The van der Waals surface area contributed by atoms with Gasteiger partial charge in [0.15, 0.2) is 5.82 Å². The minimum atomic E-state index is -0.00694. The normalized spacial score (nSPS) is 15.2. The summed E-state index contributed by atoms with van der Waals surface area (Å²) in [4.78, 5) is 15.8. The Labute approximate surface area is 132 Å². The topological polar surface area (TPSA) is 76.7 Å². The fourth-order valence-electron chi connectivity index (χ4n) is 3.01. The minimum absolute atomic E-state index is 0.00694. The molecule has 0 bridgehead atoms. The number of thiophene rings is 1. The van der Waals surface area contributed by atoms with Crippen molar-refractivity contribution in [2.45, 2.75) is 45.6 Å². The summed E-state index contributed by atoms with van der Waals surface area (Å²) >= 11 is 1.79. The zero-order valence-electron chi connectivity index (χ0n) is 12.6. The fraction of sp³-hybridized carbons (Fsp3) is 0.467. The third-order valence-corrected chi connectivity index (χ3v) is 5.28. The van der Waals surface area contributed by atoms with Crippen molar-refractivity contribution in [3.8, 4) is 0 Å². The molecular formula is C15H17N5OS. The Balaban J connectivity index is 1.74. The quantitative estimate of drug-likeness (QED) is 0.795. The monoisotopic (exact) mass is 315 g/mol. The van der Waals surface area contributed by atoms with Gasteiger partial charge in [-0.05, 0) is 31.2 Å². The Kier molecular flexibility index (Phi) is 3.29. The summed E-state index contributed by atoms with van der Waals surface area (Å²) in [6.45, 7) is 3.90. The third-order valence-electron chi connectivity index (χ3n) is 4.08. The minimum Gasteiger partial charge on any atom is -0.359 e. The summed E-state index contributed by atoms with van der Waals surface area (Å²) in [5.74, 6) is 2.15. The Bertz CT molecular complexity index is 825. The van der Waals surface area contributed by atoms with Gasteiger partial charge < -0.3 is 9.84 Å². The van der Waals surface area contributed by atoms with Gasteiger partial charge >= 0.3 is 0 Å². The zero-order chi connectivity index (χ0) is 15.1. The second-order valence-electron chi connectivity index (χ2n) is 5.54. The molecule has 1 N–H and O–H groups in total. The van der Waals surface area contributed by atoms with Gasteiger partial charge in [0.2, 0.25) is 5.89 Å². The van der Waals surface area contributed by atoms with Gasteiger partial charge in [-0.3, -0.25) is 0 Å². The second-order valence-corrected chi connectivity index (χ2v) is 6.62.